The molecule has 1 atom stereocenters. The van der Waals surface area contributed by atoms with E-state index in [1.807, 2.05) is 25.2 Å². The van der Waals surface area contributed by atoms with Gasteiger partial charge in [-0.3, -0.25) is 0 Å². The third kappa shape index (κ3) is 3.40. The maximum atomic E-state index is 12.3. The highest BCUT2D eigenvalue weighted by Gasteiger charge is 2.13. The third-order valence-electron chi connectivity index (χ3n) is 3.39. The molecule has 0 saturated carbocycles. The van der Waals surface area contributed by atoms with Gasteiger partial charge in [0.2, 0.25) is 0 Å². The predicted octanol–water partition coefficient (Wildman–Crippen LogP) is 4.00. The molecule has 23 heavy (non-hydrogen) atoms. The highest BCUT2D eigenvalue weighted by molar-refractivity contribution is 7.16. The fourth-order valence-electron chi connectivity index (χ4n) is 2.15. The summed E-state index contributed by atoms with van der Waals surface area (Å²) in [6.45, 7) is 5.85. The summed E-state index contributed by atoms with van der Waals surface area (Å²) >= 11 is 1.01. The van der Waals surface area contributed by atoms with Crippen LogP contribution in [-0.2, 0) is 4.79 Å². The Bertz CT molecular complexity index is 924. The second-order valence-electron chi connectivity index (χ2n) is 5.19. The minimum Gasteiger partial charge on any atom is -0.423 e. The van der Waals surface area contributed by atoms with Gasteiger partial charge in [-0.1, -0.05) is 47.8 Å². The average Bonchev–Trinajstić information content (AvgIpc) is 2.72. The van der Waals surface area contributed by atoms with Crippen LogP contribution < -0.4 is 9.68 Å². The second kappa shape index (κ2) is 6.22. The van der Waals surface area contributed by atoms with E-state index in [0.29, 0.717) is 16.9 Å². The molecule has 0 aliphatic heterocycles. The molecule has 0 bridgehead atoms. The zero-order valence-electron chi connectivity index (χ0n) is 12.4. The van der Waals surface area contributed by atoms with Crippen molar-refractivity contribution >= 4 is 27.6 Å². The molecule has 0 saturated heterocycles. The summed E-state index contributed by atoms with van der Waals surface area (Å²) in [5.41, 5.74) is 1.85. The summed E-state index contributed by atoms with van der Waals surface area (Å²) < 4.78 is 11.1. The maximum Gasteiger partial charge on any atom is 0.396 e. The summed E-state index contributed by atoms with van der Waals surface area (Å²) in [7, 11) is 0. The molecule has 0 spiro atoms. The van der Waals surface area contributed by atoms with Gasteiger partial charge in [0.25, 0.3) is 0 Å². The molecule has 0 fully saturated rings. The average molecular weight is 326 g/mol. The van der Waals surface area contributed by atoms with E-state index in [1.165, 1.54) is 0 Å². The van der Waals surface area contributed by atoms with Gasteiger partial charge >= 0.3 is 10.9 Å². The van der Waals surface area contributed by atoms with Crippen LogP contribution >= 0.6 is 11.3 Å². The van der Waals surface area contributed by atoms with Gasteiger partial charge in [0.05, 0.1) is 10.3 Å². The van der Waals surface area contributed by atoms with Crippen molar-refractivity contribution < 1.29 is 13.9 Å². The molecule has 1 aliphatic carbocycles. The van der Waals surface area contributed by atoms with Crippen LogP contribution in [0.25, 0.3) is 10.3 Å². The molecule has 1 unspecified atom stereocenters. The van der Waals surface area contributed by atoms with E-state index in [0.717, 1.165) is 21.6 Å². The molecule has 0 amide bonds. The Kier molecular flexibility index (Phi) is 4.12. The van der Waals surface area contributed by atoms with Crippen LogP contribution in [0.5, 0.6) is 5.75 Å². The highest BCUT2D eigenvalue weighted by Crippen LogP contribution is 2.24. The molecule has 4 nitrogen and oxygen atoms in total. The van der Waals surface area contributed by atoms with Crippen molar-refractivity contribution in [2.75, 3.05) is 0 Å². The number of hydrogen-bond donors (Lipinski definition) is 0. The first-order valence-electron chi connectivity index (χ1n) is 7.01. The van der Waals surface area contributed by atoms with Crippen LogP contribution in [0, 0.1) is 5.92 Å². The van der Waals surface area contributed by atoms with Crippen LogP contribution in [0.4, 0.5) is 0 Å². The summed E-state index contributed by atoms with van der Waals surface area (Å²) in [5.74, 6) is -0.0267. The fraction of sp³-hybridized carbons (Fsp3) is 0.111. The van der Waals surface area contributed by atoms with E-state index in [1.54, 1.807) is 30.4 Å². The first-order chi connectivity index (χ1) is 11.0. The van der Waals surface area contributed by atoms with Crippen molar-refractivity contribution in [2.24, 2.45) is 5.92 Å². The van der Waals surface area contributed by atoms with Gasteiger partial charge < -0.3 is 9.15 Å². The Labute approximate surface area is 136 Å². The minimum absolute atomic E-state index is 0.105. The quantitative estimate of drug-likeness (QED) is 0.486. The van der Waals surface area contributed by atoms with Crippen molar-refractivity contribution in [1.82, 2.24) is 0 Å². The monoisotopic (exact) mass is 326 g/mol. The van der Waals surface area contributed by atoms with Gasteiger partial charge in [0.15, 0.2) is 5.58 Å². The summed E-state index contributed by atoms with van der Waals surface area (Å²) in [6.07, 6.45) is 9.11. The van der Waals surface area contributed by atoms with Gasteiger partial charge in [-0.2, -0.15) is 0 Å². The first kappa shape index (κ1) is 15.2. The van der Waals surface area contributed by atoms with E-state index in [4.69, 9.17) is 9.15 Å². The van der Waals surface area contributed by atoms with Crippen LogP contribution in [0.1, 0.15) is 6.92 Å². The molecular formula is C18H14O4S. The molecule has 3 rings (SSSR count). The Morgan fingerprint density at radius 3 is 2.96 bits per heavy atom. The van der Waals surface area contributed by atoms with E-state index in [2.05, 4.69) is 6.58 Å². The van der Waals surface area contributed by atoms with Crippen molar-refractivity contribution in [2.45, 2.75) is 6.92 Å². The largest absolute Gasteiger partial charge is 0.423 e. The van der Waals surface area contributed by atoms with Crippen molar-refractivity contribution in [1.29, 1.82) is 0 Å². The number of rotatable bonds is 3. The standard InChI is InChI=1S/C18H14O4S/c1-11(2)12-4-3-5-13(7-6-12)17(19)21-14-8-9-16-15(10-14)22-18(20)23-16/h3-10,12H,1H2,2H3. The minimum atomic E-state index is -0.467. The third-order valence-corrected chi connectivity index (χ3v) is 4.20. The lowest BCUT2D eigenvalue weighted by atomic mass is 10.0. The number of fused-ring (bicyclic) bond motifs is 1. The smallest absolute Gasteiger partial charge is 0.396 e. The summed E-state index contributed by atoms with van der Waals surface area (Å²) in [5, 5.41) is 0. The van der Waals surface area contributed by atoms with Gasteiger partial charge in [0, 0.05) is 12.0 Å². The Morgan fingerprint density at radius 2 is 2.17 bits per heavy atom. The number of allylic oxidation sites excluding steroid dienone is 5. The van der Waals surface area contributed by atoms with Gasteiger partial charge in [-0.05, 0) is 25.1 Å². The SMILES string of the molecule is C=C(C)C1C=CC=C(C(=O)Oc2ccc3sc(=O)oc3c2)C=C1. The molecular weight excluding hydrogens is 312 g/mol. The lowest BCUT2D eigenvalue weighted by molar-refractivity contribution is -0.129. The molecule has 2 aromatic rings. The van der Waals surface area contributed by atoms with Crippen molar-refractivity contribution in [3.8, 4) is 5.75 Å². The summed E-state index contributed by atoms with van der Waals surface area (Å²) in [4.78, 5) is 23.1. The van der Waals surface area contributed by atoms with Crippen molar-refractivity contribution in [3.05, 3.63) is 76.0 Å². The molecule has 0 radical (unpaired) electrons. The van der Waals surface area contributed by atoms with Crippen LogP contribution in [-0.4, -0.2) is 5.97 Å². The topological polar surface area (TPSA) is 56.5 Å². The van der Waals surface area contributed by atoms with Crippen LogP contribution in [0.15, 0.2) is 75.5 Å². The zero-order valence-corrected chi connectivity index (χ0v) is 13.3. The zero-order chi connectivity index (χ0) is 16.4. The van der Waals surface area contributed by atoms with Gasteiger partial charge in [-0.15, -0.1) is 0 Å². The lowest BCUT2D eigenvalue weighted by Crippen LogP contribution is -2.09. The predicted molar refractivity (Wildman–Crippen MR) is 90.7 cm³/mol. The normalized spacial score (nSPS) is 16.9. The first-order valence-corrected chi connectivity index (χ1v) is 7.82. The van der Waals surface area contributed by atoms with Gasteiger partial charge in [0.1, 0.15) is 5.75 Å². The molecule has 1 aliphatic rings. The van der Waals surface area contributed by atoms with E-state index >= 15 is 0 Å². The Hall–Kier alpha value is -2.66. The summed E-state index contributed by atoms with van der Waals surface area (Å²) in [6, 6.07) is 4.87. The lowest BCUT2D eigenvalue weighted by Gasteiger charge is -2.05. The number of esters is 1. The van der Waals surface area contributed by atoms with E-state index in [-0.39, 0.29) is 10.9 Å². The Balaban J connectivity index is 1.79. The van der Waals surface area contributed by atoms with E-state index < -0.39 is 5.97 Å². The molecule has 5 heteroatoms. The van der Waals surface area contributed by atoms with Crippen LogP contribution in [0.3, 0.4) is 0 Å². The number of hydrogen-bond acceptors (Lipinski definition) is 5. The second-order valence-corrected chi connectivity index (χ2v) is 6.17. The Morgan fingerprint density at radius 1 is 1.35 bits per heavy atom. The number of benzene rings is 1. The maximum absolute atomic E-state index is 12.3. The fourth-order valence-corrected chi connectivity index (χ4v) is 2.80. The molecule has 1 heterocycles. The highest BCUT2D eigenvalue weighted by atomic mass is 32.1. The molecule has 116 valence electrons. The molecule has 0 N–H and O–H groups in total. The number of carbonyl (C=O) groups excluding carboxylic acids is 1. The number of ether oxygens (including phenoxy) is 1. The van der Waals surface area contributed by atoms with Crippen LogP contribution in [0.2, 0.25) is 0 Å². The number of carbonyl (C=O) groups is 1. The molecule has 1 aromatic carbocycles. The van der Waals surface area contributed by atoms with E-state index in [9.17, 15) is 9.59 Å². The van der Waals surface area contributed by atoms with Gasteiger partial charge in [-0.25, -0.2) is 9.59 Å². The molecule has 1 aromatic heterocycles. The van der Waals surface area contributed by atoms with Crippen molar-refractivity contribution in [3.63, 3.8) is 0 Å².